The molecule has 0 unspecified atom stereocenters. The molecule has 1 rings (SSSR count). The van der Waals surface area contributed by atoms with Crippen LogP contribution in [0.2, 0.25) is 0 Å². The summed E-state index contributed by atoms with van der Waals surface area (Å²) in [4.78, 5) is 11.2. The molecule has 0 fully saturated rings. The molecular formula is C9H9BrO3. The number of carbonyl (C=O) groups excluding carboxylic acids is 1. The minimum absolute atomic E-state index is 0.0721. The van der Waals surface area contributed by atoms with E-state index in [-0.39, 0.29) is 11.3 Å². The first-order valence-electron chi connectivity index (χ1n) is 4.90. The molecule has 0 bridgehead atoms. The molecule has 0 saturated carbocycles. The zero-order valence-electron chi connectivity index (χ0n) is 9.83. The van der Waals surface area contributed by atoms with Gasteiger partial charge in [0.05, 0.1) is 28.3 Å². The summed E-state index contributed by atoms with van der Waals surface area (Å²) in [6, 6.07) is 4.33. The first kappa shape index (κ1) is 6.43. The zero-order chi connectivity index (χ0) is 12.3. The molecule has 13 heavy (non-hydrogen) atoms. The third kappa shape index (κ3) is 2.21. The first-order chi connectivity index (χ1) is 7.33. The molecule has 70 valence electrons. The molecule has 1 aromatic carbocycles. The van der Waals surface area contributed by atoms with Crippen LogP contribution in [0.4, 0.5) is 0 Å². The van der Waals surface area contributed by atoms with E-state index in [0.717, 1.165) is 0 Å². The van der Waals surface area contributed by atoms with Crippen LogP contribution in [0, 0.1) is 0 Å². The quantitative estimate of drug-likeness (QED) is 0.753. The molecular weight excluding hydrogens is 236 g/mol. The van der Waals surface area contributed by atoms with E-state index in [1.165, 1.54) is 25.3 Å². The van der Waals surface area contributed by atoms with Crippen molar-refractivity contribution in [2.45, 2.75) is 0 Å². The van der Waals surface area contributed by atoms with Crippen molar-refractivity contribution in [1.82, 2.24) is 0 Å². The SMILES string of the molecule is [2H]C([2H])([2H])Oc1cc(C(=O)OC)ccc1Br. The Morgan fingerprint density at radius 3 is 3.00 bits per heavy atom. The summed E-state index contributed by atoms with van der Waals surface area (Å²) in [5, 5.41) is 0. The van der Waals surface area contributed by atoms with E-state index in [1.807, 2.05) is 0 Å². The highest BCUT2D eigenvalue weighted by Crippen LogP contribution is 2.25. The van der Waals surface area contributed by atoms with Crippen molar-refractivity contribution in [3.05, 3.63) is 28.2 Å². The Hall–Kier alpha value is -1.03. The summed E-state index contributed by atoms with van der Waals surface area (Å²) in [7, 11) is -1.31. The van der Waals surface area contributed by atoms with Crippen molar-refractivity contribution in [2.24, 2.45) is 0 Å². The van der Waals surface area contributed by atoms with Crippen LogP contribution < -0.4 is 4.74 Å². The second-order valence-corrected chi connectivity index (χ2v) is 3.09. The summed E-state index contributed by atoms with van der Waals surface area (Å²) >= 11 is 3.13. The van der Waals surface area contributed by atoms with Crippen LogP contribution in [0.25, 0.3) is 0 Å². The maximum absolute atomic E-state index is 11.2. The van der Waals surface area contributed by atoms with Crippen LogP contribution in [-0.2, 0) is 4.74 Å². The lowest BCUT2D eigenvalue weighted by molar-refractivity contribution is 0.0600. The summed E-state index contributed by atoms with van der Waals surface area (Å²) in [6.07, 6.45) is 0. The summed E-state index contributed by atoms with van der Waals surface area (Å²) < 4.78 is 30.6. The first-order valence-corrected chi connectivity index (χ1v) is 4.19. The third-order valence-corrected chi connectivity index (χ3v) is 2.12. The van der Waals surface area contributed by atoms with Gasteiger partial charge < -0.3 is 9.47 Å². The number of carbonyl (C=O) groups is 1. The molecule has 0 N–H and O–H groups in total. The summed E-state index contributed by atoms with van der Waals surface area (Å²) in [5.74, 6) is -0.481. The highest BCUT2D eigenvalue weighted by Gasteiger charge is 2.08. The standard InChI is InChI=1S/C9H9BrO3/c1-12-8-5-6(9(11)13-2)3-4-7(8)10/h3-5H,1-2H3/i1D3. The second kappa shape index (κ2) is 4.28. The van der Waals surface area contributed by atoms with Gasteiger partial charge >= 0.3 is 5.97 Å². The lowest BCUT2D eigenvalue weighted by Crippen LogP contribution is -2.01. The Kier molecular flexibility index (Phi) is 2.11. The fraction of sp³-hybridized carbons (Fsp3) is 0.222. The van der Waals surface area contributed by atoms with Crippen LogP contribution in [0.1, 0.15) is 14.5 Å². The van der Waals surface area contributed by atoms with Gasteiger partial charge in [-0.2, -0.15) is 0 Å². The third-order valence-electron chi connectivity index (χ3n) is 1.46. The Morgan fingerprint density at radius 2 is 2.38 bits per heavy atom. The average Bonchev–Trinajstić information content (AvgIpc) is 2.18. The van der Waals surface area contributed by atoms with E-state index in [9.17, 15) is 4.79 Å². The smallest absolute Gasteiger partial charge is 0.337 e. The van der Waals surface area contributed by atoms with E-state index in [4.69, 9.17) is 8.85 Å². The molecule has 3 nitrogen and oxygen atoms in total. The maximum atomic E-state index is 11.2. The molecule has 4 heteroatoms. The van der Waals surface area contributed by atoms with Crippen molar-refractivity contribution in [3.8, 4) is 5.75 Å². The van der Waals surface area contributed by atoms with Gasteiger partial charge in [-0.05, 0) is 34.1 Å². The van der Waals surface area contributed by atoms with Gasteiger partial charge in [0.2, 0.25) is 0 Å². The van der Waals surface area contributed by atoms with Crippen molar-refractivity contribution in [2.75, 3.05) is 14.1 Å². The van der Waals surface area contributed by atoms with E-state index in [0.29, 0.717) is 4.47 Å². The molecule has 0 aliphatic heterocycles. The van der Waals surface area contributed by atoms with Crippen molar-refractivity contribution < 1.29 is 18.4 Å². The fourth-order valence-corrected chi connectivity index (χ4v) is 1.15. The molecule has 0 aromatic heterocycles. The number of methoxy groups -OCH3 is 2. The number of benzene rings is 1. The molecule has 0 spiro atoms. The van der Waals surface area contributed by atoms with E-state index >= 15 is 0 Å². The molecule has 0 atom stereocenters. The van der Waals surface area contributed by atoms with Gasteiger partial charge in [-0.3, -0.25) is 0 Å². The Balaban J connectivity index is 3.04. The van der Waals surface area contributed by atoms with Gasteiger partial charge in [-0.15, -0.1) is 0 Å². The van der Waals surface area contributed by atoms with Gasteiger partial charge in [-0.1, -0.05) is 0 Å². The molecule has 0 aliphatic carbocycles. The summed E-state index contributed by atoms with van der Waals surface area (Å²) in [5.41, 5.74) is 0.227. The Bertz CT molecular complexity index is 403. The molecule has 0 radical (unpaired) electrons. The molecule has 0 heterocycles. The molecule has 0 saturated heterocycles. The predicted molar refractivity (Wildman–Crippen MR) is 52.0 cm³/mol. The topological polar surface area (TPSA) is 35.5 Å². The van der Waals surface area contributed by atoms with Gasteiger partial charge in [0, 0.05) is 0 Å². The Labute approximate surface area is 89.0 Å². The number of esters is 1. The van der Waals surface area contributed by atoms with Crippen molar-refractivity contribution in [3.63, 3.8) is 0 Å². The van der Waals surface area contributed by atoms with E-state index in [2.05, 4.69) is 20.7 Å². The normalized spacial score (nSPS) is 13.8. The van der Waals surface area contributed by atoms with Crippen LogP contribution >= 0.6 is 15.9 Å². The molecule has 1 aromatic rings. The molecule has 0 aliphatic rings. The minimum atomic E-state index is -2.56. The van der Waals surface area contributed by atoms with Crippen LogP contribution in [-0.4, -0.2) is 20.1 Å². The van der Waals surface area contributed by atoms with Gasteiger partial charge in [0.15, 0.2) is 0 Å². The van der Waals surface area contributed by atoms with Crippen LogP contribution in [0.15, 0.2) is 22.7 Å². The van der Waals surface area contributed by atoms with Gasteiger partial charge in [-0.25, -0.2) is 4.79 Å². The highest BCUT2D eigenvalue weighted by atomic mass is 79.9. The summed E-state index contributed by atoms with van der Waals surface area (Å²) in [6.45, 7) is 0. The number of hydrogen-bond donors (Lipinski definition) is 0. The van der Waals surface area contributed by atoms with E-state index < -0.39 is 13.0 Å². The Morgan fingerprint density at radius 1 is 1.62 bits per heavy atom. The number of rotatable bonds is 2. The number of halogens is 1. The largest absolute Gasteiger partial charge is 0.496 e. The van der Waals surface area contributed by atoms with Gasteiger partial charge in [0.25, 0.3) is 0 Å². The predicted octanol–water partition coefficient (Wildman–Crippen LogP) is 2.24. The fourth-order valence-electron chi connectivity index (χ4n) is 0.826. The number of hydrogen-bond acceptors (Lipinski definition) is 3. The minimum Gasteiger partial charge on any atom is -0.496 e. The molecule has 0 amide bonds. The van der Waals surface area contributed by atoms with Crippen molar-refractivity contribution in [1.29, 1.82) is 0 Å². The van der Waals surface area contributed by atoms with E-state index in [1.54, 1.807) is 0 Å². The zero-order valence-corrected chi connectivity index (χ0v) is 8.42. The lowest BCUT2D eigenvalue weighted by Gasteiger charge is -2.04. The lowest BCUT2D eigenvalue weighted by atomic mass is 10.2. The number of ether oxygens (including phenoxy) is 2. The second-order valence-electron chi connectivity index (χ2n) is 2.24. The van der Waals surface area contributed by atoms with Crippen LogP contribution in [0.3, 0.4) is 0 Å². The van der Waals surface area contributed by atoms with Gasteiger partial charge in [0.1, 0.15) is 5.75 Å². The maximum Gasteiger partial charge on any atom is 0.337 e. The highest BCUT2D eigenvalue weighted by molar-refractivity contribution is 9.10. The van der Waals surface area contributed by atoms with Crippen molar-refractivity contribution >= 4 is 21.9 Å². The average molecular weight is 248 g/mol. The van der Waals surface area contributed by atoms with Crippen LogP contribution in [0.5, 0.6) is 5.75 Å². The monoisotopic (exact) mass is 247 g/mol.